The molecule has 0 aliphatic carbocycles. The molecule has 10 nitrogen and oxygen atoms in total. The van der Waals surface area contributed by atoms with Crippen LogP contribution in [0.3, 0.4) is 0 Å². The standard InChI is InChI=1S/C13H18O10/c14-3-6-8(16)5(1-2-19-6)20-12-9(17)11-10(7(4-15)21-12)22-13(18)23-11/h1-2,5-12,14-17H,3-4H2/t5?,6?,7?,8-,9?,10+,11?,12-/m1/s1. The first-order valence-corrected chi connectivity index (χ1v) is 7.13. The average molecular weight is 334 g/mol. The second-order valence-electron chi connectivity index (χ2n) is 5.41. The Morgan fingerprint density at radius 3 is 2.43 bits per heavy atom. The van der Waals surface area contributed by atoms with Gasteiger partial charge in [0.2, 0.25) is 0 Å². The Balaban J connectivity index is 1.71. The van der Waals surface area contributed by atoms with E-state index >= 15 is 0 Å². The van der Waals surface area contributed by atoms with Crippen LogP contribution in [-0.2, 0) is 23.7 Å². The van der Waals surface area contributed by atoms with Crippen molar-refractivity contribution in [1.82, 2.24) is 0 Å². The number of hydrogen-bond acceptors (Lipinski definition) is 10. The van der Waals surface area contributed by atoms with E-state index in [9.17, 15) is 20.1 Å². The Kier molecular flexibility index (Phi) is 4.71. The van der Waals surface area contributed by atoms with Gasteiger partial charge < -0.3 is 44.1 Å². The van der Waals surface area contributed by atoms with E-state index in [1.54, 1.807) is 0 Å². The van der Waals surface area contributed by atoms with Crippen molar-refractivity contribution in [1.29, 1.82) is 0 Å². The van der Waals surface area contributed by atoms with Crippen LogP contribution in [0.25, 0.3) is 0 Å². The number of fused-ring (bicyclic) bond motifs is 1. The molecule has 23 heavy (non-hydrogen) atoms. The lowest BCUT2D eigenvalue weighted by atomic mass is 9.99. The predicted molar refractivity (Wildman–Crippen MR) is 68.9 cm³/mol. The monoisotopic (exact) mass is 334 g/mol. The first kappa shape index (κ1) is 16.4. The van der Waals surface area contributed by atoms with Crippen molar-refractivity contribution in [3.63, 3.8) is 0 Å². The minimum Gasteiger partial charge on any atom is -0.493 e. The first-order valence-electron chi connectivity index (χ1n) is 7.13. The molecule has 0 spiro atoms. The predicted octanol–water partition coefficient (Wildman–Crippen LogP) is -2.38. The van der Waals surface area contributed by atoms with Gasteiger partial charge >= 0.3 is 6.16 Å². The van der Waals surface area contributed by atoms with E-state index in [0.717, 1.165) is 0 Å². The Morgan fingerprint density at radius 1 is 1.04 bits per heavy atom. The summed E-state index contributed by atoms with van der Waals surface area (Å²) >= 11 is 0. The molecule has 0 aromatic rings. The fourth-order valence-corrected chi connectivity index (χ4v) is 2.74. The molecule has 130 valence electrons. The fourth-order valence-electron chi connectivity index (χ4n) is 2.74. The van der Waals surface area contributed by atoms with Crippen LogP contribution in [0.5, 0.6) is 0 Å². The Bertz CT molecular complexity index is 468. The molecule has 0 aromatic carbocycles. The highest BCUT2D eigenvalue weighted by molar-refractivity contribution is 5.63. The van der Waals surface area contributed by atoms with Crippen LogP contribution in [0.4, 0.5) is 4.79 Å². The minimum absolute atomic E-state index is 0.422. The Morgan fingerprint density at radius 2 is 1.74 bits per heavy atom. The molecule has 10 heteroatoms. The molecule has 0 saturated carbocycles. The third-order valence-electron chi connectivity index (χ3n) is 3.97. The van der Waals surface area contributed by atoms with E-state index in [1.165, 1.54) is 12.3 Å². The molecule has 5 unspecified atom stereocenters. The van der Waals surface area contributed by atoms with Crippen molar-refractivity contribution < 1.29 is 48.9 Å². The van der Waals surface area contributed by atoms with E-state index in [0.29, 0.717) is 0 Å². The molecular weight excluding hydrogens is 316 g/mol. The van der Waals surface area contributed by atoms with E-state index in [4.69, 9.17) is 28.8 Å². The largest absolute Gasteiger partial charge is 0.509 e. The summed E-state index contributed by atoms with van der Waals surface area (Å²) in [7, 11) is 0. The second kappa shape index (κ2) is 6.59. The molecule has 0 aromatic heterocycles. The van der Waals surface area contributed by atoms with Crippen LogP contribution >= 0.6 is 0 Å². The lowest BCUT2D eigenvalue weighted by Crippen LogP contribution is -2.59. The van der Waals surface area contributed by atoms with Crippen LogP contribution in [0.1, 0.15) is 0 Å². The van der Waals surface area contributed by atoms with Crippen LogP contribution in [0.15, 0.2) is 12.3 Å². The van der Waals surface area contributed by atoms with Gasteiger partial charge in [-0.05, 0) is 6.08 Å². The number of hydrogen-bond donors (Lipinski definition) is 4. The van der Waals surface area contributed by atoms with Crippen molar-refractivity contribution in [3.05, 3.63) is 12.3 Å². The number of rotatable bonds is 4. The third-order valence-corrected chi connectivity index (χ3v) is 3.97. The lowest BCUT2D eigenvalue weighted by molar-refractivity contribution is -0.300. The summed E-state index contributed by atoms with van der Waals surface area (Å²) in [6.45, 7) is -0.898. The maximum atomic E-state index is 11.2. The van der Waals surface area contributed by atoms with E-state index in [2.05, 4.69) is 0 Å². The van der Waals surface area contributed by atoms with Crippen molar-refractivity contribution in [2.45, 2.75) is 49.0 Å². The van der Waals surface area contributed by atoms with Crippen LogP contribution in [-0.4, -0.2) is 88.8 Å². The highest BCUT2D eigenvalue weighted by atomic mass is 16.8. The molecule has 3 aliphatic rings. The van der Waals surface area contributed by atoms with Crippen molar-refractivity contribution >= 4 is 6.16 Å². The molecule has 3 rings (SSSR count). The normalized spacial score (nSPS) is 45.8. The molecule has 2 saturated heterocycles. The van der Waals surface area contributed by atoms with Gasteiger partial charge in [-0.3, -0.25) is 0 Å². The molecular formula is C13H18O10. The summed E-state index contributed by atoms with van der Waals surface area (Å²) in [6, 6.07) is 0. The van der Waals surface area contributed by atoms with Crippen molar-refractivity contribution in [2.75, 3.05) is 13.2 Å². The zero-order valence-corrected chi connectivity index (χ0v) is 11.9. The van der Waals surface area contributed by atoms with E-state index < -0.39 is 68.4 Å². The number of carbonyl (C=O) groups is 1. The summed E-state index contributed by atoms with van der Waals surface area (Å²) in [5, 5.41) is 38.7. The minimum atomic E-state index is -1.37. The number of carbonyl (C=O) groups excluding carboxylic acids is 1. The van der Waals surface area contributed by atoms with Gasteiger partial charge in [0.15, 0.2) is 18.5 Å². The smallest absolute Gasteiger partial charge is 0.493 e. The Hall–Kier alpha value is -1.43. The summed E-state index contributed by atoms with van der Waals surface area (Å²) in [5.41, 5.74) is 0. The van der Waals surface area contributed by atoms with Crippen LogP contribution < -0.4 is 0 Å². The van der Waals surface area contributed by atoms with Crippen LogP contribution in [0, 0.1) is 0 Å². The quantitative estimate of drug-likeness (QED) is 0.411. The van der Waals surface area contributed by atoms with Gasteiger partial charge in [0.05, 0.1) is 19.5 Å². The number of ether oxygens (including phenoxy) is 5. The van der Waals surface area contributed by atoms with Gasteiger partial charge in [0.1, 0.15) is 30.5 Å². The first-order chi connectivity index (χ1) is 11.0. The van der Waals surface area contributed by atoms with E-state index in [-0.39, 0.29) is 0 Å². The average Bonchev–Trinajstić information content (AvgIpc) is 2.94. The van der Waals surface area contributed by atoms with Gasteiger partial charge in [-0.1, -0.05) is 0 Å². The topological polar surface area (TPSA) is 144 Å². The molecule has 0 amide bonds. The maximum absolute atomic E-state index is 11.2. The fraction of sp³-hybridized carbons (Fsp3) is 0.769. The lowest BCUT2D eigenvalue weighted by Gasteiger charge is -2.40. The summed E-state index contributed by atoms with van der Waals surface area (Å²) in [5.74, 6) is 0. The van der Waals surface area contributed by atoms with Gasteiger partial charge in [-0.2, -0.15) is 0 Å². The highest BCUT2D eigenvalue weighted by Gasteiger charge is 2.54. The summed E-state index contributed by atoms with van der Waals surface area (Å²) < 4.78 is 25.7. The molecule has 3 aliphatic heterocycles. The highest BCUT2D eigenvalue weighted by Crippen LogP contribution is 2.32. The molecule has 0 bridgehead atoms. The van der Waals surface area contributed by atoms with Crippen LogP contribution in [0.2, 0.25) is 0 Å². The van der Waals surface area contributed by atoms with Gasteiger partial charge in [-0.25, -0.2) is 4.79 Å². The van der Waals surface area contributed by atoms with E-state index in [1.807, 2.05) is 0 Å². The van der Waals surface area contributed by atoms with Gasteiger partial charge in [0, 0.05) is 0 Å². The second-order valence-corrected chi connectivity index (χ2v) is 5.41. The summed E-state index contributed by atoms with van der Waals surface area (Å²) in [6.07, 6.45) is -6.86. The molecule has 0 radical (unpaired) electrons. The molecule has 3 heterocycles. The van der Waals surface area contributed by atoms with Crippen molar-refractivity contribution in [3.8, 4) is 0 Å². The Labute approximate surface area is 130 Å². The molecule has 2 fully saturated rings. The zero-order chi connectivity index (χ0) is 16.6. The van der Waals surface area contributed by atoms with Gasteiger partial charge in [-0.15, -0.1) is 0 Å². The molecule has 4 N–H and O–H groups in total. The van der Waals surface area contributed by atoms with Crippen molar-refractivity contribution in [2.24, 2.45) is 0 Å². The van der Waals surface area contributed by atoms with Gasteiger partial charge in [0.25, 0.3) is 0 Å². The third kappa shape index (κ3) is 3.01. The zero-order valence-electron chi connectivity index (χ0n) is 11.9. The SMILES string of the molecule is O=C1OC2C(O)[C@H](OC3C=COC(CO)[C@@H]3O)OC(CO)[C@@H]2O1. The number of aliphatic hydroxyl groups is 4. The maximum Gasteiger partial charge on any atom is 0.509 e. The summed E-state index contributed by atoms with van der Waals surface area (Å²) in [4.78, 5) is 11.2. The number of aliphatic hydroxyl groups excluding tert-OH is 4. The molecule has 8 atom stereocenters.